The average Bonchev–Trinajstić information content (AvgIpc) is 2.67. The molecule has 0 N–H and O–H groups in total. The van der Waals surface area contributed by atoms with Crippen molar-refractivity contribution < 1.29 is 14.3 Å². The third-order valence-electron chi connectivity index (χ3n) is 3.13. The van der Waals surface area contributed by atoms with E-state index in [1.165, 1.54) is 6.07 Å². The van der Waals surface area contributed by atoms with E-state index in [2.05, 4.69) is 13.8 Å². The summed E-state index contributed by atoms with van der Waals surface area (Å²) in [5.41, 5.74) is 0.250. The molecular weight excluding hydrogens is 287 g/mol. The van der Waals surface area contributed by atoms with Crippen molar-refractivity contribution in [3.63, 3.8) is 0 Å². The van der Waals surface area contributed by atoms with E-state index in [9.17, 15) is 4.79 Å². The molecule has 1 fully saturated rings. The summed E-state index contributed by atoms with van der Waals surface area (Å²) in [7, 11) is 0. The summed E-state index contributed by atoms with van der Waals surface area (Å²) in [6, 6.07) is 3.10. The molecule has 0 aliphatic carbocycles. The van der Waals surface area contributed by atoms with Gasteiger partial charge in [0.2, 0.25) is 0 Å². The number of aldehydes is 1. The minimum Gasteiger partial charge on any atom is -0.489 e. The fourth-order valence-electron chi connectivity index (χ4n) is 2.19. The Hall–Kier alpha value is -0.770. The number of benzene rings is 1. The Morgan fingerprint density at radius 1 is 1.47 bits per heavy atom. The van der Waals surface area contributed by atoms with E-state index in [4.69, 9.17) is 32.7 Å². The molecule has 104 valence electrons. The molecule has 1 atom stereocenters. The van der Waals surface area contributed by atoms with Crippen LogP contribution >= 0.6 is 23.2 Å². The SMILES string of the molecule is CC1(C)CCC(COc2c(Cl)cc(Cl)cc2C=O)O1. The van der Waals surface area contributed by atoms with Crippen molar-refractivity contribution in [2.75, 3.05) is 6.61 Å². The largest absolute Gasteiger partial charge is 0.489 e. The van der Waals surface area contributed by atoms with Crippen LogP contribution in [-0.4, -0.2) is 24.6 Å². The summed E-state index contributed by atoms with van der Waals surface area (Å²) >= 11 is 11.9. The van der Waals surface area contributed by atoms with Gasteiger partial charge in [-0.1, -0.05) is 23.2 Å². The van der Waals surface area contributed by atoms with Crippen molar-refractivity contribution in [1.82, 2.24) is 0 Å². The fourth-order valence-corrected chi connectivity index (χ4v) is 2.76. The number of ether oxygens (including phenoxy) is 2. The minimum atomic E-state index is -0.106. The Morgan fingerprint density at radius 3 is 2.79 bits per heavy atom. The second kappa shape index (κ2) is 5.70. The molecule has 3 nitrogen and oxygen atoms in total. The summed E-state index contributed by atoms with van der Waals surface area (Å²) in [6.45, 7) is 4.49. The van der Waals surface area contributed by atoms with Crippen molar-refractivity contribution in [2.24, 2.45) is 0 Å². The maximum absolute atomic E-state index is 11.0. The number of hydrogen-bond acceptors (Lipinski definition) is 3. The second-order valence-electron chi connectivity index (χ2n) is 5.27. The molecule has 0 bridgehead atoms. The van der Waals surface area contributed by atoms with Crippen LogP contribution in [0.4, 0.5) is 0 Å². The summed E-state index contributed by atoms with van der Waals surface area (Å²) in [5.74, 6) is 0.370. The average molecular weight is 303 g/mol. The van der Waals surface area contributed by atoms with Gasteiger partial charge in [-0.15, -0.1) is 0 Å². The molecule has 0 saturated carbocycles. The van der Waals surface area contributed by atoms with Crippen LogP contribution < -0.4 is 4.74 Å². The molecule has 5 heteroatoms. The highest BCUT2D eigenvalue weighted by molar-refractivity contribution is 6.36. The molecule has 1 aliphatic rings. The lowest BCUT2D eigenvalue weighted by atomic mass is 10.1. The van der Waals surface area contributed by atoms with Gasteiger partial charge in [0.1, 0.15) is 12.4 Å². The van der Waals surface area contributed by atoms with Crippen LogP contribution in [0.25, 0.3) is 0 Å². The van der Waals surface area contributed by atoms with Gasteiger partial charge in [0.25, 0.3) is 0 Å². The molecule has 0 aromatic heterocycles. The van der Waals surface area contributed by atoms with Gasteiger partial charge in [0.15, 0.2) is 6.29 Å². The molecule has 1 saturated heterocycles. The Morgan fingerprint density at radius 2 is 2.21 bits per heavy atom. The predicted octanol–water partition coefficient (Wildman–Crippen LogP) is 4.14. The molecule has 1 aromatic carbocycles. The fraction of sp³-hybridized carbons (Fsp3) is 0.500. The normalized spacial score (nSPS) is 21.4. The number of rotatable bonds is 4. The van der Waals surface area contributed by atoms with Crippen LogP contribution in [0.3, 0.4) is 0 Å². The highest BCUT2D eigenvalue weighted by Gasteiger charge is 2.32. The summed E-state index contributed by atoms with van der Waals surface area (Å²) in [4.78, 5) is 11.0. The van der Waals surface area contributed by atoms with E-state index in [0.29, 0.717) is 34.3 Å². The van der Waals surface area contributed by atoms with Gasteiger partial charge in [0, 0.05) is 5.02 Å². The molecule has 1 aliphatic heterocycles. The van der Waals surface area contributed by atoms with Crippen molar-refractivity contribution in [3.05, 3.63) is 27.7 Å². The number of hydrogen-bond donors (Lipinski definition) is 0. The molecule has 1 heterocycles. The standard InChI is InChI=1S/C14H16Cl2O3/c1-14(2)4-3-11(19-14)8-18-13-9(7-17)5-10(15)6-12(13)16/h5-7,11H,3-4,8H2,1-2H3. The third kappa shape index (κ3) is 3.62. The number of halogens is 2. The second-order valence-corrected chi connectivity index (χ2v) is 6.12. The first-order chi connectivity index (χ1) is 8.91. The molecule has 1 unspecified atom stereocenters. The Labute approximate surface area is 122 Å². The first-order valence-corrected chi connectivity index (χ1v) is 6.92. The van der Waals surface area contributed by atoms with Gasteiger partial charge in [-0.25, -0.2) is 0 Å². The molecule has 0 amide bonds. The Balaban J connectivity index is 2.06. The van der Waals surface area contributed by atoms with Crippen LogP contribution in [0.15, 0.2) is 12.1 Å². The van der Waals surface area contributed by atoms with E-state index >= 15 is 0 Å². The topological polar surface area (TPSA) is 35.5 Å². The molecule has 2 rings (SSSR count). The van der Waals surface area contributed by atoms with Crippen LogP contribution in [0.1, 0.15) is 37.0 Å². The lowest BCUT2D eigenvalue weighted by Gasteiger charge is -2.20. The van der Waals surface area contributed by atoms with Crippen molar-refractivity contribution in [1.29, 1.82) is 0 Å². The Bertz CT molecular complexity index is 486. The van der Waals surface area contributed by atoms with E-state index in [1.807, 2.05) is 0 Å². The monoisotopic (exact) mass is 302 g/mol. The van der Waals surface area contributed by atoms with Gasteiger partial charge in [-0.05, 0) is 38.8 Å². The lowest BCUT2D eigenvalue weighted by Crippen LogP contribution is -2.24. The summed E-state index contributed by atoms with van der Waals surface area (Å²) in [5, 5.41) is 0.754. The van der Waals surface area contributed by atoms with E-state index in [0.717, 1.165) is 12.8 Å². The molecule has 19 heavy (non-hydrogen) atoms. The van der Waals surface area contributed by atoms with Gasteiger partial charge in [-0.3, -0.25) is 4.79 Å². The molecule has 0 spiro atoms. The molecule has 1 aromatic rings. The zero-order valence-electron chi connectivity index (χ0n) is 10.9. The van der Waals surface area contributed by atoms with Gasteiger partial charge in [-0.2, -0.15) is 0 Å². The van der Waals surface area contributed by atoms with Crippen molar-refractivity contribution in [2.45, 2.75) is 38.4 Å². The molecular formula is C14H16Cl2O3. The Kier molecular flexibility index (Phi) is 4.39. The van der Waals surface area contributed by atoms with Crippen LogP contribution in [-0.2, 0) is 4.74 Å². The van der Waals surface area contributed by atoms with Gasteiger partial charge >= 0.3 is 0 Å². The van der Waals surface area contributed by atoms with Crippen LogP contribution in [0.2, 0.25) is 10.0 Å². The van der Waals surface area contributed by atoms with E-state index < -0.39 is 0 Å². The highest BCUT2D eigenvalue weighted by Crippen LogP contribution is 2.33. The van der Waals surface area contributed by atoms with E-state index in [-0.39, 0.29) is 11.7 Å². The molecule has 0 radical (unpaired) electrons. The maximum atomic E-state index is 11.0. The van der Waals surface area contributed by atoms with Crippen molar-refractivity contribution in [3.8, 4) is 5.75 Å². The maximum Gasteiger partial charge on any atom is 0.153 e. The minimum absolute atomic E-state index is 0.0289. The summed E-state index contributed by atoms with van der Waals surface area (Å²) < 4.78 is 11.5. The number of carbonyl (C=O) groups is 1. The van der Waals surface area contributed by atoms with Gasteiger partial charge in [0.05, 0.1) is 22.3 Å². The van der Waals surface area contributed by atoms with Gasteiger partial charge < -0.3 is 9.47 Å². The zero-order chi connectivity index (χ0) is 14.0. The lowest BCUT2D eigenvalue weighted by molar-refractivity contribution is -0.0327. The van der Waals surface area contributed by atoms with Crippen LogP contribution in [0.5, 0.6) is 5.75 Å². The smallest absolute Gasteiger partial charge is 0.153 e. The van der Waals surface area contributed by atoms with Crippen molar-refractivity contribution >= 4 is 29.5 Å². The predicted molar refractivity (Wildman–Crippen MR) is 75.5 cm³/mol. The first kappa shape index (κ1) is 14.6. The zero-order valence-corrected chi connectivity index (χ0v) is 12.4. The first-order valence-electron chi connectivity index (χ1n) is 6.16. The van der Waals surface area contributed by atoms with E-state index in [1.54, 1.807) is 6.07 Å². The third-order valence-corrected chi connectivity index (χ3v) is 3.63. The quantitative estimate of drug-likeness (QED) is 0.784. The van der Waals surface area contributed by atoms with Crippen LogP contribution in [0, 0.1) is 0 Å². The highest BCUT2D eigenvalue weighted by atomic mass is 35.5. The summed E-state index contributed by atoms with van der Waals surface area (Å²) in [6.07, 6.45) is 2.65. The number of carbonyl (C=O) groups excluding carboxylic acids is 1.